The number of aromatic nitrogens is 2. The van der Waals surface area contributed by atoms with Crippen molar-refractivity contribution in [1.29, 1.82) is 0 Å². The molecule has 1 aromatic heterocycles. The molecule has 3 heteroatoms. The first kappa shape index (κ1) is 10.7. The maximum atomic E-state index is 6.49. The van der Waals surface area contributed by atoms with Crippen molar-refractivity contribution in [2.75, 3.05) is 0 Å². The van der Waals surface area contributed by atoms with E-state index >= 15 is 0 Å². The zero-order valence-electron chi connectivity index (χ0n) is 9.74. The Balaban J connectivity index is 2.20. The fourth-order valence-corrected chi connectivity index (χ4v) is 2.65. The molecule has 2 unspecified atom stereocenters. The number of hydrogen-bond acceptors (Lipinski definition) is 2. The van der Waals surface area contributed by atoms with Crippen LogP contribution in [0.25, 0.3) is 0 Å². The summed E-state index contributed by atoms with van der Waals surface area (Å²) in [6.45, 7) is 5.32. The fraction of sp³-hybridized carbons (Fsp3) is 0.750. The second-order valence-electron chi connectivity index (χ2n) is 4.94. The number of aryl methyl sites for hydroxylation is 1. The second-order valence-corrected chi connectivity index (χ2v) is 4.94. The number of hydrogen-bond donors (Lipinski definition) is 1. The zero-order chi connectivity index (χ0) is 10.9. The van der Waals surface area contributed by atoms with E-state index < -0.39 is 0 Å². The maximum Gasteiger partial charge on any atom is 0.0540 e. The van der Waals surface area contributed by atoms with Gasteiger partial charge in [0.15, 0.2) is 0 Å². The molecule has 0 aromatic carbocycles. The molecule has 1 fully saturated rings. The van der Waals surface area contributed by atoms with Gasteiger partial charge in [0.05, 0.1) is 6.20 Å². The highest BCUT2D eigenvalue weighted by Crippen LogP contribution is 2.37. The van der Waals surface area contributed by atoms with Crippen molar-refractivity contribution in [1.82, 2.24) is 9.78 Å². The molecule has 1 aliphatic rings. The largest absolute Gasteiger partial charge is 0.321 e. The fourth-order valence-electron chi connectivity index (χ4n) is 2.65. The molecule has 1 aromatic rings. The van der Waals surface area contributed by atoms with Gasteiger partial charge in [-0.1, -0.05) is 19.8 Å². The van der Waals surface area contributed by atoms with Gasteiger partial charge in [-0.3, -0.25) is 4.68 Å². The summed E-state index contributed by atoms with van der Waals surface area (Å²) in [6.07, 6.45) is 8.82. The summed E-state index contributed by atoms with van der Waals surface area (Å²) in [7, 11) is 0. The molecular weight excluding hydrogens is 186 g/mol. The Bertz CT molecular complexity index is 331. The molecule has 1 saturated carbocycles. The van der Waals surface area contributed by atoms with E-state index in [1.54, 1.807) is 0 Å². The summed E-state index contributed by atoms with van der Waals surface area (Å²) in [5, 5.41) is 4.32. The molecule has 0 bridgehead atoms. The van der Waals surface area contributed by atoms with Gasteiger partial charge in [-0.2, -0.15) is 5.10 Å². The van der Waals surface area contributed by atoms with Crippen LogP contribution in [-0.2, 0) is 12.1 Å². The molecule has 2 rings (SSSR count). The Hall–Kier alpha value is -0.830. The van der Waals surface area contributed by atoms with Gasteiger partial charge < -0.3 is 5.73 Å². The van der Waals surface area contributed by atoms with Gasteiger partial charge in [0.1, 0.15) is 0 Å². The standard InChI is InChI=1S/C12H21N3/c1-3-15-9-11(8-14-15)12(13)6-4-5-10(2)7-12/h8-10H,3-7,13H2,1-2H3. The molecule has 3 nitrogen and oxygen atoms in total. The molecule has 0 radical (unpaired) electrons. The third-order valence-corrected chi connectivity index (χ3v) is 3.56. The average molecular weight is 207 g/mol. The molecule has 84 valence electrons. The lowest BCUT2D eigenvalue weighted by atomic mass is 9.74. The zero-order valence-corrected chi connectivity index (χ0v) is 9.74. The Morgan fingerprint density at radius 1 is 1.67 bits per heavy atom. The van der Waals surface area contributed by atoms with Crippen molar-refractivity contribution in [2.45, 2.75) is 51.6 Å². The highest BCUT2D eigenvalue weighted by molar-refractivity contribution is 5.18. The van der Waals surface area contributed by atoms with Crippen LogP contribution in [0.2, 0.25) is 0 Å². The number of nitrogens with zero attached hydrogens (tertiary/aromatic N) is 2. The molecule has 2 atom stereocenters. The van der Waals surface area contributed by atoms with Crippen LogP contribution in [0.3, 0.4) is 0 Å². The van der Waals surface area contributed by atoms with Crippen LogP contribution < -0.4 is 5.73 Å². The summed E-state index contributed by atoms with van der Waals surface area (Å²) >= 11 is 0. The van der Waals surface area contributed by atoms with Gasteiger partial charge >= 0.3 is 0 Å². The molecular formula is C12H21N3. The van der Waals surface area contributed by atoms with E-state index in [0.29, 0.717) is 0 Å². The minimum Gasteiger partial charge on any atom is -0.321 e. The van der Waals surface area contributed by atoms with Crippen LogP contribution in [0.5, 0.6) is 0 Å². The molecule has 0 amide bonds. The van der Waals surface area contributed by atoms with Gasteiger partial charge in [-0.25, -0.2) is 0 Å². The Morgan fingerprint density at radius 3 is 3.07 bits per heavy atom. The smallest absolute Gasteiger partial charge is 0.0540 e. The topological polar surface area (TPSA) is 43.8 Å². The lowest BCUT2D eigenvalue weighted by molar-refractivity contribution is 0.239. The molecule has 0 saturated heterocycles. The molecule has 0 aliphatic heterocycles. The first-order valence-corrected chi connectivity index (χ1v) is 5.96. The molecule has 0 spiro atoms. The van der Waals surface area contributed by atoms with E-state index in [9.17, 15) is 0 Å². The Morgan fingerprint density at radius 2 is 2.47 bits per heavy atom. The first-order chi connectivity index (χ1) is 7.14. The van der Waals surface area contributed by atoms with Gasteiger partial charge in [0.2, 0.25) is 0 Å². The lowest BCUT2D eigenvalue weighted by Gasteiger charge is -2.36. The van der Waals surface area contributed by atoms with Crippen molar-refractivity contribution in [2.24, 2.45) is 11.7 Å². The summed E-state index contributed by atoms with van der Waals surface area (Å²) in [5.74, 6) is 0.744. The molecule has 1 aliphatic carbocycles. The third kappa shape index (κ3) is 2.07. The van der Waals surface area contributed by atoms with Crippen LogP contribution in [0.4, 0.5) is 0 Å². The highest BCUT2D eigenvalue weighted by atomic mass is 15.3. The highest BCUT2D eigenvalue weighted by Gasteiger charge is 2.33. The van der Waals surface area contributed by atoms with Crippen molar-refractivity contribution >= 4 is 0 Å². The van der Waals surface area contributed by atoms with Gasteiger partial charge in [-0.05, 0) is 25.7 Å². The van der Waals surface area contributed by atoms with Gasteiger partial charge in [0.25, 0.3) is 0 Å². The summed E-state index contributed by atoms with van der Waals surface area (Å²) in [4.78, 5) is 0. The predicted molar refractivity (Wildman–Crippen MR) is 61.4 cm³/mol. The van der Waals surface area contributed by atoms with Crippen molar-refractivity contribution in [3.8, 4) is 0 Å². The summed E-state index contributed by atoms with van der Waals surface area (Å²) < 4.78 is 1.96. The summed E-state index contributed by atoms with van der Waals surface area (Å²) in [6, 6.07) is 0. The number of rotatable bonds is 2. The minimum absolute atomic E-state index is 0.120. The lowest BCUT2D eigenvalue weighted by Crippen LogP contribution is -2.40. The summed E-state index contributed by atoms with van der Waals surface area (Å²) in [5.41, 5.74) is 7.58. The van der Waals surface area contributed by atoms with Crippen LogP contribution in [0.15, 0.2) is 12.4 Å². The average Bonchev–Trinajstić information content (AvgIpc) is 2.66. The van der Waals surface area contributed by atoms with E-state index in [0.717, 1.165) is 25.3 Å². The number of nitrogens with two attached hydrogens (primary N) is 1. The third-order valence-electron chi connectivity index (χ3n) is 3.56. The van der Waals surface area contributed by atoms with E-state index in [2.05, 4.69) is 25.1 Å². The maximum absolute atomic E-state index is 6.49. The van der Waals surface area contributed by atoms with Crippen molar-refractivity contribution < 1.29 is 0 Å². The van der Waals surface area contributed by atoms with Crippen molar-refractivity contribution in [3.05, 3.63) is 18.0 Å². The monoisotopic (exact) mass is 207 g/mol. The first-order valence-electron chi connectivity index (χ1n) is 5.96. The Labute approximate surface area is 91.7 Å². The quantitative estimate of drug-likeness (QED) is 0.808. The van der Waals surface area contributed by atoms with Gasteiger partial charge in [-0.15, -0.1) is 0 Å². The molecule has 1 heterocycles. The van der Waals surface area contributed by atoms with Crippen LogP contribution >= 0.6 is 0 Å². The molecule has 15 heavy (non-hydrogen) atoms. The van der Waals surface area contributed by atoms with E-state index in [4.69, 9.17) is 5.73 Å². The SMILES string of the molecule is CCn1cc(C2(N)CCCC(C)C2)cn1. The van der Waals surface area contributed by atoms with Crippen LogP contribution in [0.1, 0.15) is 45.1 Å². The van der Waals surface area contributed by atoms with E-state index in [-0.39, 0.29) is 5.54 Å². The van der Waals surface area contributed by atoms with Crippen molar-refractivity contribution in [3.63, 3.8) is 0 Å². The minimum atomic E-state index is -0.120. The van der Waals surface area contributed by atoms with E-state index in [1.165, 1.54) is 18.4 Å². The molecule has 2 N–H and O–H groups in total. The van der Waals surface area contributed by atoms with E-state index in [1.807, 2.05) is 10.9 Å². The van der Waals surface area contributed by atoms with Gasteiger partial charge in [0, 0.05) is 23.8 Å². The van der Waals surface area contributed by atoms with Crippen LogP contribution in [-0.4, -0.2) is 9.78 Å². The second kappa shape index (κ2) is 3.97. The Kier molecular flexibility index (Phi) is 2.83. The normalized spacial score (nSPS) is 31.8. The van der Waals surface area contributed by atoms with Crippen LogP contribution in [0, 0.1) is 5.92 Å². The predicted octanol–water partition coefficient (Wildman–Crippen LogP) is 2.27.